The van der Waals surface area contributed by atoms with Crippen LogP contribution in [0.2, 0.25) is 0 Å². The summed E-state index contributed by atoms with van der Waals surface area (Å²) in [5.41, 5.74) is -0.756. The molecule has 0 aromatic carbocycles. The van der Waals surface area contributed by atoms with Gasteiger partial charge in [0.25, 0.3) is 0 Å². The SMILES string of the molecule is C/C=C/[C@@]1(C2(O)CCCCC2)SCCCS1=O. The number of allylic oxidation sites excluding steroid dienone is 1. The van der Waals surface area contributed by atoms with E-state index in [1.54, 1.807) is 11.8 Å². The van der Waals surface area contributed by atoms with Gasteiger partial charge in [-0.25, -0.2) is 0 Å². The predicted molar refractivity (Wildman–Crippen MR) is 75.7 cm³/mol. The van der Waals surface area contributed by atoms with Crippen molar-refractivity contribution in [2.24, 2.45) is 0 Å². The summed E-state index contributed by atoms with van der Waals surface area (Å²) in [4.78, 5) is 0. The van der Waals surface area contributed by atoms with Gasteiger partial charge in [0.2, 0.25) is 0 Å². The first-order valence-corrected chi connectivity index (χ1v) is 8.84. The van der Waals surface area contributed by atoms with Crippen molar-refractivity contribution in [3.05, 3.63) is 12.2 Å². The lowest BCUT2D eigenvalue weighted by Gasteiger charge is -2.48. The molecule has 1 aliphatic heterocycles. The van der Waals surface area contributed by atoms with E-state index in [0.717, 1.165) is 43.6 Å². The Bertz CT molecular complexity index is 321. The summed E-state index contributed by atoms with van der Waals surface area (Å²) in [7, 11) is -0.947. The van der Waals surface area contributed by atoms with Crippen LogP contribution in [0.5, 0.6) is 0 Å². The highest BCUT2D eigenvalue weighted by Gasteiger charge is 2.54. The molecule has 2 aliphatic rings. The molecule has 1 aliphatic carbocycles. The summed E-state index contributed by atoms with van der Waals surface area (Å²) in [6.45, 7) is 1.96. The van der Waals surface area contributed by atoms with Gasteiger partial charge in [0.15, 0.2) is 0 Å². The number of thioether (sulfide) groups is 1. The number of aliphatic hydroxyl groups is 1. The van der Waals surface area contributed by atoms with Gasteiger partial charge < -0.3 is 5.11 Å². The Kier molecular flexibility index (Phi) is 4.37. The van der Waals surface area contributed by atoms with Gasteiger partial charge in [-0.05, 0) is 31.9 Å². The maximum atomic E-state index is 12.5. The second-order valence-electron chi connectivity index (χ2n) is 5.01. The molecule has 0 aromatic rings. The van der Waals surface area contributed by atoms with Gasteiger partial charge in [-0.3, -0.25) is 4.21 Å². The highest BCUT2D eigenvalue weighted by molar-refractivity contribution is 8.13. The third-order valence-electron chi connectivity index (χ3n) is 3.84. The summed E-state index contributed by atoms with van der Waals surface area (Å²) < 4.78 is 11.9. The quantitative estimate of drug-likeness (QED) is 0.787. The minimum absolute atomic E-state index is 0.541. The number of hydrogen-bond donors (Lipinski definition) is 1. The van der Waals surface area contributed by atoms with E-state index in [1.807, 2.05) is 19.1 Å². The zero-order valence-electron chi connectivity index (χ0n) is 10.5. The van der Waals surface area contributed by atoms with Crippen LogP contribution in [0.3, 0.4) is 0 Å². The van der Waals surface area contributed by atoms with Crippen LogP contribution >= 0.6 is 11.8 Å². The van der Waals surface area contributed by atoms with Crippen molar-refractivity contribution in [1.82, 2.24) is 0 Å². The van der Waals surface area contributed by atoms with Crippen LogP contribution in [0.25, 0.3) is 0 Å². The molecule has 1 heterocycles. The van der Waals surface area contributed by atoms with E-state index >= 15 is 0 Å². The Morgan fingerprint density at radius 2 is 1.94 bits per heavy atom. The second-order valence-corrected chi connectivity index (χ2v) is 8.35. The lowest BCUT2D eigenvalue weighted by Crippen LogP contribution is -2.56. The molecule has 0 radical (unpaired) electrons. The molecule has 1 saturated carbocycles. The maximum absolute atomic E-state index is 12.5. The van der Waals surface area contributed by atoms with Crippen molar-refractivity contribution >= 4 is 22.6 Å². The third kappa shape index (κ3) is 2.36. The Hall–Kier alpha value is 0.200. The van der Waals surface area contributed by atoms with Gasteiger partial charge >= 0.3 is 0 Å². The summed E-state index contributed by atoms with van der Waals surface area (Å²) in [5, 5.41) is 11.0. The molecule has 2 nitrogen and oxygen atoms in total. The number of rotatable bonds is 2. The van der Waals surface area contributed by atoms with Crippen LogP contribution in [0.15, 0.2) is 12.2 Å². The first kappa shape index (κ1) is 13.6. The fourth-order valence-corrected chi connectivity index (χ4v) is 7.09. The average Bonchev–Trinajstić information content (AvgIpc) is 2.33. The minimum atomic E-state index is -0.947. The standard InChI is InChI=1S/C13H22O2S2/c1-2-7-13(16-10-6-11-17(13)15)12(14)8-4-3-5-9-12/h2,7,14H,3-6,8-11H2,1H3/b7-2+/t13-,17?/m1/s1. The van der Waals surface area contributed by atoms with Gasteiger partial charge in [0.1, 0.15) is 4.08 Å². The van der Waals surface area contributed by atoms with E-state index in [4.69, 9.17) is 0 Å². The highest BCUT2D eigenvalue weighted by Crippen LogP contribution is 2.50. The van der Waals surface area contributed by atoms with Crippen molar-refractivity contribution in [3.63, 3.8) is 0 Å². The molecular formula is C13H22O2S2. The van der Waals surface area contributed by atoms with Gasteiger partial charge in [-0.15, -0.1) is 11.8 Å². The van der Waals surface area contributed by atoms with Crippen molar-refractivity contribution in [3.8, 4) is 0 Å². The normalized spacial score (nSPS) is 38.4. The summed E-state index contributed by atoms with van der Waals surface area (Å²) >= 11 is 1.71. The first-order chi connectivity index (χ1) is 8.15. The smallest absolute Gasteiger partial charge is 0.137 e. The summed E-state index contributed by atoms with van der Waals surface area (Å²) in [6.07, 6.45) is 9.91. The van der Waals surface area contributed by atoms with Gasteiger partial charge in [-0.2, -0.15) is 0 Å². The zero-order chi connectivity index (χ0) is 12.4. The van der Waals surface area contributed by atoms with Crippen molar-refractivity contribution in [2.45, 2.75) is 55.1 Å². The Labute approximate surface area is 111 Å². The van der Waals surface area contributed by atoms with E-state index < -0.39 is 20.5 Å². The Morgan fingerprint density at radius 3 is 2.53 bits per heavy atom. The molecule has 2 atom stereocenters. The molecule has 2 rings (SSSR count). The Balaban J connectivity index is 2.34. The molecule has 0 amide bonds. The Morgan fingerprint density at radius 1 is 1.24 bits per heavy atom. The van der Waals surface area contributed by atoms with Crippen LogP contribution in [-0.2, 0) is 10.8 Å². The zero-order valence-corrected chi connectivity index (χ0v) is 12.1. The van der Waals surface area contributed by atoms with E-state index in [2.05, 4.69) is 0 Å². The molecule has 1 N–H and O–H groups in total. The average molecular weight is 274 g/mol. The van der Waals surface area contributed by atoms with Crippen LogP contribution in [0.4, 0.5) is 0 Å². The lowest BCUT2D eigenvalue weighted by molar-refractivity contribution is 0.00243. The molecule has 0 spiro atoms. The van der Waals surface area contributed by atoms with Gasteiger partial charge in [0.05, 0.1) is 5.60 Å². The predicted octanol–water partition coefficient (Wildman–Crippen LogP) is 2.84. The van der Waals surface area contributed by atoms with E-state index in [1.165, 1.54) is 6.42 Å². The number of hydrogen-bond acceptors (Lipinski definition) is 3. The third-order valence-corrected chi connectivity index (χ3v) is 8.05. The molecule has 98 valence electrons. The minimum Gasteiger partial charge on any atom is -0.387 e. The maximum Gasteiger partial charge on any atom is 0.137 e. The second kappa shape index (κ2) is 5.45. The molecule has 0 aromatic heterocycles. The molecule has 1 saturated heterocycles. The fourth-order valence-electron chi connectivity index (χ4n) is 2.96. The largest absolute Gasteiger partial charge is 0.387 e. The van der Waals surface area contributed by atoms with Crippen LogP contribution < -0.4 is 0 Å². The van der Waals surface area contributed by atoms with Gasteiger partial charge in [0, 0.05) is 16.6 Å². The topological polar surface area (TPSA) is 37.3 Å². The molecule has 4 heteroatoms. The lowest BCUT2D eigenvalue weighted by atomic mass is 9.81. The van der Waals surface area contributed by atoms with Crippen molar-refractivity contribution < 1.29 is 9.32 Å². The molecule has 0 bridgehead atoms. The van der Waals surface area contributed by atoms with Gasteiger partial charge in [-0.1, -0.05) is 31.4 Å². The molecule has 1 unspecified atom stereocenters. The van der Waals surface area contributed by atoms with Crippen LogP contribution in [0.1, 0.15) is 45.4 Å². The van der Waals surface area contributed by atoms with E-state index in [-0.39, 0.29) is 0 Å². The first-order valence-electron chi connectivity index (χ1n) is 6.53. The van der Waals surface area contributed by atoms with Crippen molar-refractivity contribution in [2.75, 3.05) is 11.5 Å². The van der Waals surface area contributed by atoms with Crippen molar-refractivity contribution in [1.29, 1.82) is 0 Å². The monoisotopic (exact) mass is 274 g/mol. The highest BCUT2D eigenvalue weighted by atomic mass is 32.2. The van der Waals surface area contributed by atoms with E-state index in [0.29, 0.717) is 0 Å². The van der Waals surface area contributed by atoms with E-state index in [9.17, 15) is 9.32 Å². The molecule has 2 fully saturated rings. The molecule has 17 heavy (non-hydrogen) atoms. The summed E-state index contributed by atoms with van der Waals surface area (Å²) in [6, 6.07) is 0. The summed E-state index contributed by atoms with van der Waals surface area (Å²) in [5.74, 6) is 1.75. The fraction of sp³-hybridized carbons (Fsp3) is 0.846. The van der Waals surface area contributed by atoms with Crippen LogP contribution in [0, 0.1) is 0 Å². The molecular weight excluding hydrogens is 252 g/mol. The van der Waals surface area contributed by atoms with Crippen LogP contribution in [-0.4, -0.2) is 30.5 Å².